The van der Waals surface area contributed by atoms with Crippen molar-refractivity contribution in [2.24, 2.45) is 0 Å². The summed E-state index contributed by atoms with van der Waals surface area (Å²) < 4.78 is 5.96. The summed E-state index contributed by atoms with van der Waals surface area (Å²) in [6.07, 6.45) is 22.6. The molecule has 1 fully saturated rings. The maximum Gasteiger partial charge on any atom is 0.267 e. The number of hydrogen-bond acceptors (Lipinski definition) is 4. The first-order valence-electron chi connectivity index (χ1n) is 12.4. The maximum absolute atomic E-state index is 11.2. The molecule has 1 aliphatic carbocycles. The second-order valence-corrected chi connectivity index (χ2v) is 9.11. The Morgan fingerprint density at radius 1 is 1.35 bits per heavy atom. The lowest BCUT2D eigenvalue weighted by Crippen LogP contribution is -2.35. The molecule has 2 N–H and O–H groups in total. The summed E-state index contributed by atoms with van der Waals surface area (Å²) in [5.41, 5.74) is 8.11. The van der Waals surface area contributed by atoms with Gasteiger partial charge in [0.15, 0.2) is 0 Å². The average Bonchev–Trinajstić information content (AvgIpc) is 3.35. The highest BCUT2D eigenvalue weighted by molar-refractivity contribution is 5.86. The van der Waals surface area contributed by atoms with E-state index in [1.807, 2.05) is 19.1 Å². The van der Waals surface area contributed by atoms with Crippen molar-refractivity contribution in [3.05, 3.63) is 83.1 Å². The van der Waals surface area contributed by atoms with Gasteiger partial charge in [0.2, 0.25) is 0 Å². The fourth-order valence-corrected chi connectivity index (χ4v) is 4.39. The topological polar surface area (TPSA) is 61.8 Å². The average molecular weight is 467 g/mol. The first-order chi connectivity index (χ1) is 16.5. The number of hydroxylamine groups is 1. The van der Waals surface area contributed by atoms with E-state index in [2.05, 4.69) is 49.6 Å². The van der Waals surface area contributed by atoms with Crippen molar-refractivity contribution in [2.45, 2.75) is 65.4 Å². The van der Waals surface area contributed by atoms with Gasteiger partial charge in [0.1, 0.15) is 0 Å². The zero-order chi connectivity index (χ0) is 24.8. The first-order valence-corrected chi connectivity index (χ1v) is 12.4. The molecule has 1 saturated heterocycles. The molecule has 0 saturated carbocycles. The fraction of sp³-hybridized carbons (Fsp3) is 0.483. The van der Waals surface area contributed by atoms with Crippen LogP contribution in [-0.4, -0.2) is 48.4 Å². The Kier molecular flexibility index (Phi) is 12.6. The van der Waals surface area contributed by atoms with Crippen LogP contribution < -0.4 is 5.48 Å². The van der Waals surface area contributed by atoms with Crippen molar-refractivity contribution in [2.75, 3.05) is 26.2 Å². The summed E-state index contributed by atoms with van der Waals surface area (Å²) in [4.78, 5) is 13.7. The van der Waals surface area contributed by atoms with Crippen LogP contribution >= 0.6 is 0 Å². The number of amides is 1. The number of nitrogens with zero attached hydrogens (tertiary/aromatic N) is 1. The smallest absolute Gasteiger partial charge is 0.267 e. The van der Waals surface area contributed by atoms with Gasteiger partial charge in [-0.05, 0) is 70.4 Å². The number of allylic oxidation sites excluding steroid dienone is 10. The Morgan fingerprint density at radius 3 is 2.82 bits per heavy atom. The van der Waals surface area contributed by atoms with Crippen molar-refractivity contribution in [1.29, 1.82) is 0 Å². The largest absolute Gasteiger partial charge is 0.377 e. The van der Waals surface area contributed by atoms with Crippen LogP contribution in [-0.2, 0) is 9.53 Å². The molecule has 0 aromatic heterocycles. The van der Waals surface area contributed by atoms with Crippen molar-refractivity contribution >= 4 is 5.91 Å². The zero-order valence-corrected chi connectivity index (χ0v) is 21.2. The van der Waals surface area contributed by atoms with Gasteiger partial charge in [0.05, 0.1) is 6.10 Å². The van der Waals surface area contributed by atoms with Gasteiger partial charge in [-0.15, -0.1) is 6.58 Å². The van der Waals surface area contributed by atoms with E-state index in [9.17, 15) is 4.79 Å². The number of ether oxygens (including phenoxy) is 1. The molecule has 0 aromatic rings. The minimum atomic E-state index is -0.538. The van der Waals surface area contributed by atoms with Crippen molar-refractivity contribution in [1.82, 2.24) is 10.4 Å². The summed E-state index contributed by atoms with van der Waals surface area (Å²) in [6, 6.07) is 0. The predicted octanol–water partition coefficient (Wildman–Crippen LogP) is 5.98. The Morgan fingerprint density at radius 2 is 2.18 bits per heavy atom. The van der Waals surface area contributed by atoms with Gasteiger partial charge in [0.25, 0.3) is 5.91 Å². The normalized spacial score (nSPS) is 20.0. The maximum atomic E-state index is 11.2. The third-order valence-corrected chi connectivity index (χ3v) is 6.33. The third kappa shape index (κ3) is 9.80. The Balaban J connectivity index is 2.13. The molecular formula is C29H42N2O3. The molecule has 1 atom stereocenters. The highest BCUT2D eigenvalue weighted by Gasteiger charge is 2.20. The van der Waals surface area contributed by atoms with E-state index in [-0.39, 0.29) is 0 Å². The van der Waals surface area contributed by atoms with Crippen LogP contribution in [0.5, 0.6) is 0 Å². The van der Waals surface area contributed by atoms with Gasteiger partial charge in [-0.2, -0.15) is 0 Å². The van der Waals surface area contributed by atoms with Gasteiger partial charge in [0, 0.05) is 32.3 Å². The van der Waals surface area contributed by atoms with E-state index >= 15 is 0 Å². The molecular weight excluding hydrogens is 424 g/mol. The molecule has 2 aliphatic rings. The second-order valence-electron chi connectivity index (χ2n) is 9.11. The van der Waals surface area contributed by atoms with Crippen molar-refractivity contribution < 1.29 is 14.7 Å². The number of rotatable bonds is 13. The third-order valence-electron chi connectivity index (χ3n) is 6.33. The van der Waals surface area contributed by atoms with Crippen LogP contribution in [0.3, 0.4) is 0 Å². The molecule has 5 heteroatoms. The summed E-state index contributed by atoms with van der Waals surface area (Å²) in [5, 5.41) is 8.64. The van der Waals surface area contributed by atoms with Crippen LogP contribution in [0.25, 0.3) is 0 Å². The molecule has 1 unspecified atom stereocenters. The van der Waals surface area contributed by atoms with E-state index in [0.29, 0.717) is 6.10 Å². The molecule has 5 nitrogen and oxygen atoms in total. The molecule has 0 radical (unpaired) electrons. The molecule has 34 heavy (non-hydrogen) atoms. The molecule has 0 spiro atoms. The highest BCUT2D eigenvalue weighted by atomic mass is 16.5. The monoisotopic (exact) mass is 466 g/mol. The summed E-state index contributed by atoms with van der Waals surface area (Å²) >= 11 is 0. The summed E-state index contributed by atoms with van der Waals surface area (Å²) in [7, 11) is 0. The van der Waals surface area contributed by atoms with Crippen molar-refractivity contribution in [3.63, 3.8) is 0 Å². The number of carbonyl (C=O) groups excluding carboxylic acids is 1. The Hall–Kier alpha value is -2.47. The van der Waals surface area contributed by atoms with Crippen molar-refractivity contribution in [3.8, 4) is 0 Å². The molecule has 0 bridgehead atoms. The number of hydrogen-bond donors (Lipinski definition) is 2. The summed E-state index contributed by atoms with van der Waals surface area (Å²) in [6.45, 7) is 13.9. The van der Waals surface area contributed by atoms with Gasteiger partial charge >= 0.3 is 0 Å². The van der Waals surface area contributed by atoms with Gasteiger partial charge in [-0.1, -0.05) is 59.3 Å². The van der Waals surface area contributed by atoms with Crippen LogP contribution in [0.2, 0.25) is 0 Å². The first kappa shape index (κ1) is 27.8. The SMILES string of the molecule is C=CC\C(=C/C=C(C)/C=C/C(=O)NO)CN(CC/C(=C/C)C1=C(C)CCC=C1)CC1CCCO1. The number of nitrogens with one attached hydrogen (secondary N) is 1. The molecule has 0 aromatic carbocycles. The summed E-state index contributed by atoms with van der Waals surface area (Å²) in [5.74, 6) is -0.538. The van der Waals surface area contributed by atoms with Gasteiger partial charge in [-0.25, -0.2) is 5.48 Å². The Labute approximate surface area is 205 Å². The van der Waals surface area contributed by atoms with E-state index in [1.54, 1.807) is 11.6 Å². The lowest BCUT2D eigenvalue weighted by atomic mass is 9.91. The predicted molar refractivity (Wildman–Crippen MR) is 141 cm³/mol. The molecule has 2 rings (SSSR count). The molecule has 1 aliphatic heterocycles. The van der Waals surface area contributed by atoms with E-state index in [1.165, 1.54) is 28.4 Å². The van der Waals surface area contributed by atoms with Gasteiger partial charge < -0.3 is 4.74 Å². The van der Waals surface area contributed by atoms with Gasteiger partial charge in [-0.3, -0.25) is 14.9 Å². The van der Waals surface area contributed by atoms with Crippen LogP contribution in [0.15, 0.2) is 83.1 Å². The highest BCUT2D eigenvalue weighted by Crippen LogP contribution is 2.27. The molecule has 186 valence electrons. The molecule has 1 heterocycles. The minimum absolute atomic E-state index is 0.298. The van der Waals surface area contributed by atoms with E-state index in [4.69, 9.17) is 9.94 Å². The van der Waals surface area contributed by atoms with Crippen LogP contribution in [0, 0.1) is 0 Å². The fourth-order valence-electron chi connectivity index (χ4n) is 4.39. The second kappa shape index (κ2) is 15.4. The van der Waals surface area contributed by atoms with E-state index < -0.39 is 5.91 Å². The Bertz CT molecular complexity index is 868. The van der Waals surface area contributed by atoms with E-state index in [0.717, 1.165) is 70.3 Å². The lowest BCUT2D eigenvalue weighted by Gasteiger charge is -2.27. The standard InChI is InChI=1S/C29H42N2O3/c1-5-10-25(16-14-23(3)15-17-29(32)30-33)21-31(22-27-12-9-20-34-27)19-18-26(6-2)28-13-8-7-11-24(28)4/h5-6,8,13-17,27,33H,1,7,9-12,18-22H2,2-4H3,(H,30,32)/b17-15+,23-14+,25-16+,26-6-. The number of carbonyl (C=O) groups is 1. The zero-order valence-electron chi connectivity index (χ0n) is 21.2. The lowest BCUT2D eigenvalue weighted by molar-refractivity contribution is -0.124. The van der Waals surface area contributed by atoms with Crippen LogP contribution in [0.4, 0.5) is 0 Å². The van der Waals surface area contributed by atoms with Crippen LogP contribution in [0.1, 0.15) is 59.3 Å². The molecule has 1 amide bonds. The minimum Gasteiger partial charge on any atom is -0.377 e. The quantitative estimate of drug-likeness (QED) is 0.115.